The van der Waals surface area contributed by atoms with E-state index >= 15 is 0 Å². The zero-order valence-electron chi connectivity index (χ0n) is 19.7. The number of nitrogens with one attached hydrogen (secondary N) is 1. The van der Waals surface area contributed by atoms with Crippen LogP contribution in [0.25, 0.3) is 10.9 Å². The Morgan fingerprint density at radius 2 is 1.65 bits per heavy atom. The molecule has 1 N–H and O–H groups in total. The van der Waals surface area contributed by atoms with E-state index in [9.17, 15) is 9.35 Å². The van der Waals surface area contributed by atoms with Gasteiger partial charge in [-0.05, 0) is 56.7 Å². The van der Waals surface area contributed by atoms with Crippen LogP contribution in [0.15, 0.2) is 90.0 Å². The first-order valence-electron chi connectivity index (χ1n) is 11.5. The number of rotatable bonds is 8. The van der Waals surface area contributed by atoms with Gasteiger partial charge in [0.25, 0.3) is 5.91 Å². The second-order valence-corrected chi connectivity index (χ2v) is 9.40. The molecule has 1 heterocycles. The number of hydrogen-bond acceptors (Lipinski definition) is 4. The van der Waals surface area contributed by atoms with Crippen molar-refractivity contribution in [1.82, 2.24) is 14.6 Å². The Kier molecular flexibility index (Phi) is 7.63. The number of fused-ring (bicyclic) bond motifs is 1. The first-order chi connectivity index (χ1) is 16.5. The SMILES string of the molecule is CCN(CC)C(=O)c1ccc(C(N[S@@+]([O-])c2ccc(C)cc2)c2cccc3cccnc23)cc1. The molecule has 0 aliphatic carbocycles. The number of carbonyl (C=O) groups is 1. The molecular formula is C28H29N3O2S. The van der Waals surface area contributed by atoms with Crippen LogP contribution in [-0.4, -0.2) is 33.4 Å². The number of para-hydroxylation sites is 1. The fourth-order valence-electron chi connectivity index (χ4n) is 4.02. The highest BCUT2D eigenvalue weighted by Gasteiger charge is 2.25. The van der Waals surface area contributed by atoms with Crippen LogP contribution in [0.4, 0.5) is 0 Å². The summed E-state index contributed by atoms with van der Waals surface area (Å²) in [6.07, 6.45) is 1.77. The van der Waals surface area contributed by atoms with E-state index in [0.717, 1.165) is 27.6 Å². The average molecular weight is 472 g/mol. The van der Waals surface area contributed by atoms with Gasteiger partial charge in [-0.3, -0.25) is 9.78 Å². The molecule has 0 aliphatic heterocycles. The van der Waals surface area contributed by atoms with Crippen molar-refractivity contribution in [2.45, 2.75) is 31.7 Å². The normalized spacial score (nSPS) is 12.9. The monoisotopic (exact) mass is 471 g/mol. The highest BCUT2D eigenvalue weighted by molar-refractivity contribution is 7.89. The standard InChI is InChI=1S/C28H29N3O2S/c1-4-31(5-2)28(32)23-15-13-22(14-16-23)27(30-34(33)24-17-11-20(3)12-18-24)25-10-6-8-21-9-7-19-29-26(21)25/h6-19,27,30H,4-5H2,1-3H3/t27?,34-/m0/s1. The third-order valence-corrected chi connectivity index (χ3v) is 7.13. The molecule has 2 atom stereocenters. The van der Waals surface area contributed by atoms with Crippen LogP contribution in [0.5, 0.6) is 0 Å². The lowest BCUT2D eigenvalue weighted by atomic mass is 9.96. The molecule has 0 fully saturated rings. The molecule has 1 unspecified atom stereocenters. The van der Waals surface area contributed by atoms with Crippen LogP contribution in [0.2, 0.25) is 0 Å². The molecular weight excluding hydrogens is 442 g/mol. The first-order valence-corrected chi connectivity index (χ1v) is 12.6. The molecule has 6 heteroatoms. The van der Waals surface area contributed by atoms with E-state index in [4.69, 9.17) is 0 Å². The van der Waals surface area contributed by atoms with E-state index in [1.165, 1.54) is 0 Å². The van der Waals surface area contributed by atoms with Crippen LogP contribution in [0.1, 0.15) is 46.9 Å². The van der Waals surface area contributed by atoms with E-state index in [1.807, 2.05) is 99.6 Å². The summed E-state index contributed by atoms with van der Waals surface area (Å²) in [5.74, 6) is 0.0103. The Bertz CT molecular complexity index is 1250. The Morgan fingerprint density at radius 3 is 2.32 bits per heavy atom. The minimum Gasteiger partial charge on any atom is -0.593 e. The van der Waals surface area contributed by atoms with Crippen molar-refractivity contribution in [3.8, 4) is 0 Å². The topological polar surface area (TPSA) is 68.3 Å². The van der Waals surface area contributed by atoms with Gasteiger partial charge in [0.05, 0.1) is 16.9 Å². The van der Waals surface area contributed by atoms with Crippen molar-refractivity contribution in [1.29, 1.82) is 0 Å². The van der Waals surface area contributed by atoms with Gasteiger partial charge in [0.15, 0.2) is 4.90 Å². The summed E-state index contributed by atoms with van der Waals surface area (Å²) in [7, 11) is 0. The summed E-state index contributed by atoms with van der Waals surface area (Å²) in [6.45, 7) is 7.29. The molecule has 0 radical (unpaired) electrons. The van der Waals surface area contributed by atoms with Crippen molar-refractivity contribution in [3.63, 3.8) is 0 Å². The van der Waals surface area contributed by atoms with Gasteiger partial charge in [-0.15, -0.1) is 4.72 Å². The fraction of sp³-hybridized carbons (Fsp3) is 0.214. The average Bonchev–Trinajstić information content (AvgIpc) is 2.88. The molecule has 0 saturated carbocycles. The molecule has 0 aliphatic rings. The third-order valence-electron chi connectivity index (χ3n) is 5.98. The molecule has 3 aromatic carbocycles. The van der Waals surface area contributed by atoms with Gasteiger partial charge < -0.3 is 9.45 Å². The molecule has 0 bridgehead atoms. The maximum atomic E-state index is 13.3. The molecule has 1 amide bonds. The summed E-state index contributed by atoms with van der Waals surface area (Å²) in [5.41, 5.74) is 4.45. The summed E-state index contributed by atoms with van der Waals surface area (Å²) < 4.78 is 16.6. The van der Waals surface area contributed by atoms with Crippen molar-refractivity contribution in [3.05, 3.63) is 107 Å². The van der Waals surface area contributed by atoms with Crippen molar-refractivity contribution in [2.75, 3.05) is 13.1 Å². The highest BCUT2D eigenvalue weighted by atomic mass is 32.2. The summed E-state index contributed by atoms with van der Waals surface area (Å²) in [6, 6.07) is 24.8. The Morgan fingerprint density at radius 1 is 0.971 bits per heavy atom. The number of aromatic nitrogens is 1. The predicted molar refractivity (Wildman–Crippen MR) is 138 cm³/mol. The Labute approximate surface area is 204 Å². The minimum absolute atomic E-state index is 0.0103. The quantitative estimate of drug-likeness (QED) is 0.348. The van der Waals surface area contributed by atoms with Crippen LogP contribution in [-0.2, 0) is 11.4 Å². The molecule has 174 valence electrons. The van der Waals surface area contributed by atoms with Gasteiger partial charge in [-0.1, -0.05) is 54.1 Å². The zero-order chi connectivity index (χ0) is 24.1. The molecule has 4 aromatic rings. The lowest BCUT2D eigenvalue weighted by molar-refractivity contribution is 0.0773. The number of pyridine rings is 1. The van der Waals surface area contributed by atoms with E-state index in [-0.39, 0.29) is 11.9 Å². The Balaban J connectivity index is 1.73. The molecule has 1 aromatic heterocycles. The predicted octanol–water partition coefficient (Wildman–Crippen LogP) is 5.43. The molecule has 0 saturated heterocycles. The van der Waals surface area contributed by atoms with Crippen LogP contribution >= 0.6 is 0 Å². The number of amides is 1. The molecule has 5 nitrogen and oxygen atoms in total. The van der Waals surface area contributed by atoms with Gasteiger partial charge in [-0.2, -0.15) is 0 Å². The van der Waals surface area contributed by atoms with E-state index in [0.29, 0.717) is 23.5 Å². The first kappa shape index (κ1) is 24.0. The zero-order valence-corrected chi connectivity index (χ0v) is 20.5. The number of hydrogen-bond donors (Lipinski definition) is 1. The van der Waals surface area contributed by atoms with Crippen molar-refractivity contribution in [2.24, 2.45) is 0 Å². The number of aryl methyl sites for hydroxylation is 1. The minimum atomic E-state index is -1.44. The van der Waals surface area contributed by atoms with E-state index in [2.05, 4.69) is 9.71 Å². The van der Waals surface area contributed by atoms with Crippen molar-refractivity contribution >= 4 is 28.2 Å². The number of benzene rings is 3. The van der Waals surface area contributed by atoms with E-state index in [1.54, 1.807) is 11.1 Å². The molecule has 34 heavy (non-hydrogen) atoms. The Hall–Kier alpha value is -3.19. The smallest absolute Gasteiger partial charge is 0.253 e. The summed E-state index contributed by atoms with van der Waals surface area (Å²) in [4.78, 5) is 19.9. The second-order valence-electron chi connectivity index (χ2n) is 8.15. The third kappa shape index (κ3) is 5.14. The van der Waals surface area contributed by atoms with Gasteiger partial charge in [0, 0.05) is 35.8 Å². The maximum absolute atomic E-state index is 13.3. The van der Waals surface area contributed by atoms with Crippen LogP contribution in [0.3, 0.4) is 0 Å². The van der Waals surface area contributed by atoms with Gasteiger partial charge in [0.2, 0.25) is 0 Å². The van der Waals surface area contributed by atoms with E-state index < -0.39 is 11.4 Å². The number of nitrogens with zero attached hydrogens (tertiary/aromatic N) is 2. The second kappa shape index (κ2) is 10.8. The summed E-state index contributed by atoms with van der Waals surface area (Å²) >= 11 is -1.44. The summed E-state index contributed by atoms with van der Waals surface area (Å²) in [5, 5.41) is 1.02. The highest BCUT2D eigenvalue weighted by Crippen LogP contribution is 2.30. The number of carbonyl (C=O) groups excluding carboxylic acids is 1. The van der Waals surface area contributed by atoms with Crippen LogP contribution < -0.4 is 4.72 Å². The van der Waals surface area contributed by atoms with Gasteiger partial charge >= 0.3 is 0 Å². The largest absolute Gasteiger partial charge is 0.593 e. The fourth-order valence-corrected chi connectivity index (χ4v) is 5.02. The lowest BCUT2D eigenvalue weighted by Gasteiger charge is -2.23. The molecule has 4 rings (SSSR count). The lowest BCUT2D eigenvalue weighted by Crippen LogP contribution is -2.31. The molecule has 0 spiro atoms. The van der Waals surface area contributed by atoms with Gasteiger partial charge in [0.1, 0.15) is 6.04 Å². The van der Waals surface area contributed by atoms with Crippen LogP contribution in [0, 0.1) is 6.92 Å². The maximum Gasteiger partial charge on any atom is 0.253 e. The van der Waals surface area contributed by atoms with Gasteiger partial charge in [-0.25, -0.2) is 0 Å². The van der Waals surface area contributed by atoms with Crippen molar-refractivity contribution < 1.29 is 9.35 Å².